The number of fused-ring (bicyclic) bond motifs is 1. The van der Waals surface area contributed by atoms with Crippen LogP contribution in [0, 0.1) is 5.82 Å². The molecule has 8 heteroatoms. The minimum atomic E-state index is -0.461. The maximum Gasteiger partial charge on any atom is 0.272 e. The first kappa shape index (κ1) is 22.8. The maximum absolute atomic E-state index is 14.2. The van der Waals surface area contributed by atoms with E-state index in [1.54, 1.807) is 6.07 Å². The van der Waals surface area contributed by atoms with Crippen LogP contribution in [0.1, 0.15) is 43.7 Å². The Kier molecular flexibility index (Phi) is 6.33. The lowest BCUT2D eigenvalue weighted by Gasteiger charge is -2.27. The first-order valence-electron chi connectivity index (χ1n) is 11.2. The van der Waals surface area contributed by atoms with Gasteiger partial charge in [0.15, 0.2) is 5.69 Å². The van der Waals surface area contributed by atoms with E-state index in [9.17, 15) is 14.0 Å². The highest BCUT2D eigenvalue weighted by atomic mass is 35.5. The van der Waals surface area contributed by atoms with Crippen LogP contribution in [0.3, 0.4) is 0 Å². The van der Waals surface area contributed by atoms with Crippen molar-refractivity contribution in [1.29, 1.82) is 0 Å². The topological polar surface area (TPSA) is 67.2 Å². The van der Waals surface area contributed by atoms with Gasteiger partial charge in [-0.05, 0) is 23.3 Å². The Hall–Kier alpha value is -3.97. The average molecular weight is 489 g/mol. The molecule has 3 aromatic carbocycles. The Morgan fingerprint density at radius 1 is 0.971 bits per heavy atom. The zero-order valence-corrected chi connectivity index (χ0v) is 19.5. The lowest BCUT2D eigenvalue weighted by molar-refractivity contribution is 0.0681. The zero-order valence-electron chi connectivity index (χ0n) is 18.7. The normalized spacial score (nSPS) is 13.1. The van der Waals surface area contributed by atoms with Gasteiger partial charge in [-0.25, -0.2) is 4.39 Å². The first-order valence-corrected chi connectivity index (χ1v) is 11.6. The number of aromatic nitrogens is 2. The molecule has 35 heavy (non-hydrogen) atoms. The largest absolute Gasteiger partial charge is 0.340 e. The van der Waals surface area contributed by atoms with Gasteiger partial charge in [0, 0.05) is 23.2 Å². The molecule has 1 aromatic heterocycles. The van der Waals surface area contributed by atoms with Crippen LogP contribution in [-0.4, -0.2) is 33.0 Å². The van der Waals surface area contributed by atoms with Crippen LogP contribution in [0.5, 0.6) is 0 Å². The number of rotatable bonds is 6. The monoisotopic (exact) mass is 488 g/mol. The van der Waals surface area contributed by atoms with E-state index >= 15 is 0 Å². The standard InChI is InChI=1S/C27H22ClFN4O2/c28-21-12-7-13-22(29)20(21)17-32-14-15-33-24(27(32)35)16-23(31-33)26(34)30-25(18-8-3-1-4-9-18)19-10-5-2-6-11-19/h1-13,16,25H,14-15,17H2,(H,30,34). The number of hydrogen-bond donors (Lipinski definition) is 1. The van der Waals surface area contributed by atoms with Gasteiger partial charge in [0.2, 0.25) is 0 Å². The fourth-order valence-corrected chi connectivity index (χ4v) is 4.45. The van der Waals surface area contributed by atoms with E-state index in [-0.39, 0.29) is 46.4 Å². The SMILES string of the molecule is O=C(NC(c1ccccc1)c1ccccc1)c1cc2n(n1)CCN(Cc1c(F)cccc1Cl)C2=O. The van der Waals surface area contributed by atoms with Crippen LogP contribution in [0.4, 0.5) is 4.39 Å². The maximum atomic E-state index is 14.2. The number of nitrogens with zero attached hydrogens (tertiary/aromatic N) is 3. The van der Waals surface area contributed by atoms with Gasteiger partial charge in [-0.15, -0.1) is 0 Å². The minimum absolute atomic E-state index is 0.0428. The molecule has 0 atom stereocenters. The van der Waals surface area contributed by atoms with Crippen molar-refractivity contribution in [1.82, 2.24) is 20.0 Å². The van der Waals surface area contributed by atoms with Gasteiger partial charge in [0.1, 0.15) is 11.5 Å². The molecule has 5 rings (SSSR count). The van der Waals surface area contributed by atoms with Crippen molar-refractivity contribution < 1.29 is 14.0 Å². The lowest BCUT2D eigenvalue weighted by Crippen LogP contribution is -2.40. The summed E-state index contributed by atoms with van der Waals surface area (Å²) in [7, 11) is 0. The highest BCUT2D eigenvalue weighted by molar-refractivity contribution is 6.31. The summed E-state index contributed by atoms with van der Waals surface area (Å²) in [6, 6.07) is 24.9. The second kappa shape index (κ2) is 9.72. The fourth-order valence-electron chi connectivity index (χ4n) is 4.23. The Morgan fingerprint density at radius 2 is 1.63 bits per heavy atom. The van der Waals surface area contributed by atoms with E-state index in [0.717, 1.165) is 11.1 Å². The smallest absolute Gasteiger partial charge is 0.272 e. The van der Waals surface area contributed by atoms with Crippen molar-refractivity contribution in [3.05, 3.63) is 124 Å². The lowest BCUT2D eigenvalue weighted by atomic mass is 9.98. The van der Waals surface area contributed by atoms with E-state index in [2.05, 4.69) is 10.4 Å². The van der Waals surface area contributed by atoms with Crippen molar-refractivity contribution in [2.45, 2.75) is 19.1 Å². The van der Waals surface area contributed by atoms with Gasteiger partial charge >= 0.3 is 0 Å². The molecule has 0 fully saturated rings. The summed E-state index contributed by atoms with van der Waals surface area (Å²) in [6.07, 6.45) is 0. The molecule has 176 valence electrons. The summed E-state index contributed by atoms with van der Waals surface area (Å²) in [6.45, 7) is 0.762. The van der Waals surface area contributed by atoms with Crippen molar-refractivity contribution in [2.75, 3.05) is 6.54 Å². The van der Waals surface area contributed by atoms with Gasteiger partial charge in [-0.1, -0.05) is 78.3 Å². The minimum Gasteiger partial charge on any atom is -0.340 e. The van der Waals surface area contributed by atoms with E-state index in [1.807, 2.05) is 60.7 Å². The van der Waals surface area contributed by atoms with Gasteiger partial charge in [-0.3, -0.25) is 14.3 Å². The second-order valence-electron chi connectivity index (χ2n) is 8.29. The molecular weight excluding hydrogens is 467 g/mol. The number of nitrogens with one attached hydrogen (secondary N) is 1. The molecule has 0 spiro atoms. The molecule has 0 aliphatic carbocycles. The quantitative estimate of drug-likeness (QED) is 0.422. The summed E-state index contributed by atoms with van der Waals surface area (Å²) in [5.41, 5.74) is 2.56. The van der Waals surface area contributed by atoms with Crippen LogP contribution in [0.2, 0.25) is 5.02 Å². The molecule has 6 nitrogen and oxygen atoms in total. The molecule has 0 unspecified atom stereocenters. The first-order chi connectivity index (χ1) is 17.0. The third-order valence-electron chi connectivity index (χ3n) is 6.05. The van der Waals surface area contributed by atoms with Crippen LogP contribution >= 0.6 is 11.6 Å². The summed E-state index contributed by atoms with van der Waals surface area (Å²) < 4.78 is 15.8. The molecule has 0 saturated heterocycles. The van der Waals surface area contributed by atoms with Crippen LogP contribution in [0.15, 0.2) is 84.9 Å². The number of hydrogen-bond acceptors (Lipinski definition) is 3. The van der Waals surface area contributed by atoms with Gasteiger partial charge in [0.25, 0.3) is 11.8 Å². The highest BCUT2D eigenvalue weighted by Gasteiger charge is 2.29. The predicted octanol–water partition coefficient (Wildman–Crippen LogP) is 4.85. The third-order valence-corrected chi connectivity index (χ3v) is 6.41. The Balaban J connectivity index is 1.37. The Labute approximate surface area is 206 Å². The summed E-state index contributed by atoms with van der Waals surface area (Å²) in [4.78, 5) is 27.8. The third kappa shape index (κ3) is 4.68. The van der Waals surface area contributed by atoms with Crippen molar-refractivity contribution in [3.63, 3.8) is 0 Å². The van der Waals surface area contributed by atoms with Gasteiger partial charge in [-0.2, -0.15) is 5.10 Å². The van der Waals surface area contributed by atoms with E-state index in [0.29, 0.717) is 13.1 Å². The average Bonchev–Trinajstić information content (AvgIpc) is 3.33. The van der Waals surface area contributed by atoms with E-state index in [1.165, 1.54) is 27.8 Å². The summed E-state index contributed by atoms with van der Waals surface area (Å²) in [5, 5.41) is 7.69. The highest BCUT2D eigenvalue weighted by Crippen LogP contribution is 2.25. The molecule has 2 heterocycles. The summed E-state index contributed by atoms with van der Waals surface area (Å²) >= 11 is 6.14. The number of carbonyl (C=O) groups excluding carboxylic acids is 2. The number of benzene rings is 3. The van der Waals surface area contributed by atoms with Crippen LogP contribution in [-0.2, 0) is 13.1 Å². The predicted molar refractivity (Wildman–Crippen MR) is 131 cm³/mol. The Bertz CT molecular complexity index is 1310. The van der Waals surface area contributed by atoms with E-state index in [4.69, 9.17) is 11.6 Å². The molecule has 0 radical (unpaired) electrons. The molecule has 1 N–H and O–H groups in total. The Morgan fingerprint density at radius 3 is 2.26 bits per heavy atom. The fraction of sp³-hybridized carbons (Fsp3) is 0.148. The molecule has 1 aliphatic rings. The van der Waals surface area contributed by atoms with Crippen molar-refractivity contribution in [3.8, 4) is 0 Å². The van der Waals surface area contributed by atoms with Crippen LogP contribution < -0.4 is 5.32 Å². The molecule has 1 aliphatic heterocycles. The van der Waals surface area contributed by atoms with Crippen molar-refractivity contribution >= 4 is 23.4 Å². The number of carbonyl (C=O) groups is 2. The molecule has 0 saturated carbocycles. The molecule has 4 aromatic rings. The second-order valence-corrected chi connectivity index (χ2v) is 8.70. The van der Waals surface area contributed by atoms with Crippen molar-refractivity contribution in [2.24, 2.45) is 0 Å². The molecule has 2 amide bonds. The zero-order chi connectivity index (χ0) is 24.4. The number of halogens is 2. The van der Waals surface area contributed by atoms with Gasteiger partial charge < -0.3 is 10.2 Å². The number of amides is 2. The molecular formula is C27H22ClFN4O2. The van der Waals surface area contributed by atoms with Crippen LogP contribution in [0.25, 0.3) is 0 Å². The summed E-state index contributed by atoms with van der Waals surface area (Å²) in [5.74, 6) is -1.18. The van der Waals surface area contributed by atoms with Gasteiger partial charge in [0.05, 0.1) is 19.1 Å². The van der Waals surface area contributed by atoms with E-state index < -0.39 is 5.82 Å². The molecule has 0 bridgehead atoms.